The zero-order valence-corrected chi connectivity index (χ0v) is 17.6. The van der Waals surface area contributed by atoms with Gasteiger partial charge in [0.05, 0.1) is 13.7 Å². The van der Waals surface area contributed by atoms with Crippen molar-refractivity contribution in [2.45, 2.75) is 19.6 Å². The number of amides is 1. The van der Waals surface area contributed by atoms with Crippen LogP contribution in [0, 0.1) is 0 Å². The van der Waals surface area contributed by atoms with Gasteiger partial charge in [-0.2, -0.15) is 4.98 Å². The van der Waals surface area contributed by atoms with Crippen molar-refractivity contribution < 1.29 is 18.8 Å². The van der Waals surface area contributed by atoms with Gasteiger partial charge >= 0.3 is 0 Å². The average molecular weight is 417 g/mol. The quantitative estimate of drug-likeness (QED) is 0.446. The summed E-state index contributed by atoms with van der Waals surface area (Å²) in [6, 6.07) is 21.1. The number of carbonyl (C=O) groups excluding carboxylic acids is 1. The van der Waals surface area contributed by atoms with E-state index in [0.717, 1.165) is 22.1 Å². The lowest BCUT2D eigenvalue weighted by Crippen LogP contribution is -2.37. The summed E-state index contributed by atoms with van der Waals surface area (Å²) in [5.74, 6) is 2.04. The number of ether oxygens (including phenoxy) is 2. The van der Waals surface area contributed by atoms with Crippen LogP contribution in [0.5, 0.6) is 11.5 Å². The maximum absolute atomic E-state index is 12.8. The van der Waals surface area contributed by atoms with Crippen molar-refractivity contribution in [3.63, 3.8) is 0 Å². The van der Waals surface area contributed by atoms with Crippen LogP contribution in [-0.4, -0.2) is 41.2 Å². The number of fused-ring (bicyclic) bond motifs is 1. The fourth-order valence-electron chi connectivity index (χ4n) is 3.31. The molecule has 7 nitrogen and oxygen atoms in total. The lowest BCUT2D eigenvalue weighted by molar-refractivity contribution is -0.137. The van der Waals surface area contributed by atoms with Crippen molar-refractivity contribution in [2.24, 2.45) is 0 Å². The first-order valence-corrected chi connectivity index (χ1v) is 9.91. The van der Waals surface area contributed by atoms with Gasteiger partial charge in [0.2, 0.25) is 11.7 Å². The standard InChI is InChI=1S/C24H23N3O4/c1-16(30-21-10-6-8-17-7-4-5-9-20(17)21)24(28)27(2)15-22-25-23(26-31-22)18-11-13-19(29-3)14-12-18/h4-14,16H,15H2,1-3H3/t16-/m1/s1. The summed E-state index contributed by atoms with van der Waals surface area (Å²) in [7, 11) is 3.29. The van der Waals surface area contributed by atoms with E-state index < -0.39 is 6.10 Å². The third-order valence-corrected chi connectivity index (χ3v) is 4.97. The Balaban J connectivity index is 1.41. The number of rotatable bonds is 7. The first-order valence-electron chi connectivity index (χ1n) is 9.91. The fraction of sp³-hybridized carbons (Fsp3) is 0.208. The molecule has 1 amide bonds. The minimum atomic E-state index is -0.667. The first kappa shape index (κ1) is 20.4. The van der Waals surface area contributed by atoms with Crippen LogP contribution >= 0.6 is 0 Å². The van der Waals surface area contributed by atoms with Crippen LogP contribution < -0.4 is 9.47 Å². The van der Waals surface area contributed by atoms with Crippen LogP contribution in [0.15, 0.2) is 71.3 Å². The van der Waals surface area contributed by atoms with Crippen molar-refractivity contribution in [3.05, 3.63) is 72.6 Å². The summed E-state index contributed by atoms with van der Waals surface area (Å²) in [5.41, 5.74) is 0.803. The normalized spacial score (nSPS) is 11.8. The molecule has 1 heterocycles. The smallest absolute Gasteiger partial charge is 0.263 e. The first-order chi connectivity index (χ1) is 15.0. The Hall–Kier alpha value is -3.87. The third kappa shape index (κ3) is 4.50. The fourth-order valence-corrected chi connectivity index (χ4v) is 3.31. The van der Waals surface area contributed by atoms with E-state index >= 15 is 0 Å². The van der Waals surface area contributed by atoms with Gasteiger partial charge in [0.15, 0.2) is 6.10 Å². The number of hydrogen-bond acceptors (Lipinski definition) is 6. The van der Waals surface area contributed by atoms with E-state index in [-0.39, 0.29) is 12.5 Å². The summed E-state index contributed by atoms with van der Waals surface area (Å²) in [6.07, 6.45) is -0.667. The Morgan fingerprint density at radius 3 is 2.58 bits per heavy atom. The predicted octanol–water partition coefficient (Wildman–Crippen LogP) is 4.32. The van der Waals surface area contributed by atoms with Gasteiger partial charge in [-0.3, -0.25) is 4.79 Å². The Kier molecular flexibility index (Phi) is 5.84. The van der Waals surface area contributed by atoms with E-state index in [9.17, 15) is 4.79 Å². The van der Waals surface area contributed by atoms with Crippen molar-refractivity contribution in [3.8, 4) is 22.9 Å². The summed E-state index contributed by atoms with van der Waals surface area (Å²) in [5, 5.41) is 6.03. The maximum atomic E-state index is 12.8. The second kappa shape index (κ2) is 8.87. The molecule has 0 aliphatic heterocycles. The lowest BCUT2D eigenvalue weighted by atomic mass is 10.1. The van der Waals surface area contributed by atoms with Crippen molar-refractivity contribution in [1.82, 2.24) is 15.0 Å². The highest BCUT2D eigenvalue weighted by molar-refractivity contribution is 5.89. The van der Waals surface area contributed by atoms with E-state index in [1.807, 2.05) is 66.7 Å². The molecule has 0 aliphatic carbocycles. The predicted molar refractivity (Wildman–Crippen MR) is 117 cm³/mol. The van der Waals surface area contributed by atoms with Crippen molar-refractivity contribution in [2.75, 3.05) is 14.2 Å². The van der Waals surface area contributed by atoms with Gasteiger partial charge in [0.1, 0.15) is 11.5 Å². The molecule has 158 valence electrons. The van der Waals surface area contributed by atoms with Gasteiger partial charge in [0.25, 0.3) is 5.91 Å². The number of carbonyl (C=O) groups is 1. The Bertz CT molecular complexity index is 1180. The minimum Gasteiger partial charge on any atom is -0.497 e. The highest BCUT2D eigenvalue weighted by atomic mass is 16.5. The Labute approximate surface area is 180 Å². The number of methoxy groups -OCH3 is 1. The molecule has 1 atom stereocenters. The van der Waals surface area contributed by atoms with Gasteiger partial charge in [-0.05, 0) is 42.6 Å². The number of likely N-dealkylation sites (N-methyl/N-ethyl adjacent to an activating group) is 1. The van der Waals surface area contributed by atoms with Crippen LogP contribution in [0.1, 0.15) is 12.8 Å². The summed E-state index contributed by atoms with van der Waals surface area (Å²) in [4.78, 5) is 18.7. The van der Waals surface area contributed by atoms with E-state index in [2.05, 4.69) is 10.1 Å². The summed E-state index contributed by atoms with van der Waals surface area (Å²) >= 11 is 0. The molecule has 0 bridgehead atoms. The minimum absolute atomic E-state index is 0.183. The molecule has 0 fully saturated rings. The molecular formula is C24H23N3O4. The molecule has 0 spiro atoms. The Morgan fingerprint density at radius 2 is 1.81 bits per heavy atom. The van der Waals surface area contributed by atoms with Crippen LogP contribution in [-0.2, 0) is 11.3 Å². The maximum Gasteiger partial charge on any atom is 0.263 e. The number of benzene rings is 3. The van der Waals surface area contributed by atoms with Crippen molar-refractivity contribution >= 4 is 16.7 Å². The van der Waals surface area contributed by atoms with E-state index in [1.54, 1.807) is 21.1 Å². The van der Waals surface area contributed by atoms with E-state index in [1.165, 1.54) is 4.90 Å². The molecule has 3 aromatic carbocycles. The van der Waals surface area contributed by atoms with Gasteiger partial charge in [-0.25, -0.2) is 0 Å². The van der Waals surface area contributed by atoms with E-state index in [4.69, 9.17) is 14.0 Å². The van der Waals surface area contributed by atoms with E-state index in [0.29, 0.717) is 17.5 Å². The SMILES string of the molecule is COc1ccc(-c2noc(CN(C)C(=O)[C@@H](C)Oc3cccc4ccccc34)n2)cc1. The summed E-state index contributed by atoms with van der Waals surface area (Å²) < 4.78 is 16.5. The number of aromatic nitrogens is 2. The monoisotopic (exact) mass is 417 g/mol. The van der Waals surface area contributed by atoms with Crippen LogP contribution in [0.3, 0.4) is 0 Å². The zero-order valence-electron chi connectivity index (χ0n) is 17.6. The molecule has 4 aromatic rings. The number of nitrogens with zero attached hydrogens (tertiary/aromatic N) is 3. The summed E-state index contributed by atoms with van der Waals surface area (Å²) in [6.45, 7) is 1.92. The molecule has 1 aromatic heterocycles. The molecular weight excluding hydrogens is 394 g/mol. The highest BCUT2D eigenvalue weighted by Gasteiger charge is 2.22. The molecule has 0 N–H and O–H groups in total. The second-order valence-corrected chi connectivity index (χ2v) is 7.17. The topological polar surface area (TPSA) is 77.7 Å². The largest absolute Gasteiger partial charge is 0.497 e. The molecule has 0 saturated heterocycles. The van der Waals surface area contributed by atoms with Gasteiger partial charge in [-0.1, -0.05) is 41.6 Å². The van der Waals surface area contributed by atoms with Crippen molar-refractivity contribution in [1.29, 1.82) is 0 Å². The molecule has 7 heteroatoms. The molecule has 0 saturated carbocycles. The molecule has 0 radical (unpaired) electrons. The third-order valence-electron chi connectivity index (χ3n) is 4.97. The molecule has 31 heavy (non-hydrogen) atoms. The molecule has 4 rings (SSSR count). The van der Waals surface area contributed by atoms with Crippen LogP contribution in [0.4, 0.5) is 0 Å². The Morgan fingerprint density at radius 1 is 1.06 bits per heavy atom. The van der Waals surface area contributed by atoms with Gasteiger partial charge in [-0.15, -0.1) is 0 Å². The lowest BCUT2D eigenvalue weighted by Gasteiger charge is -2.21. The highest BCUT2D eigenvalue weighted by Crippen LogP contribution is 2.26. The molecule has 0 unspecified atom stereocenters. The zero-order chi connectivity index (χ0) is 21.8. The average Bonchev–Trinajstić information content (AvgIpc) is 3.27. The molecule has 0 aliphatic rings. The van der Waals surface area contributed by atoms with Crippen LogP contribution in [0.2, 0.25) is 0 Å². The van der Waals surface area contributed by atoms with Crippen LogP contribution in [0.25, 0.3) is 22.2 Å². The second-order valence-electron chi connectivity index (χ2n) is 7.17. The van der Waals surface area contributed by atoms with Gasteiger partial charge < -0.3 is 18.9 Å². The van der Waals surface area contributed by atoms with Gasteiger partial charge in [0, 0.05) is 18.0 Å². The number of hydrogen-bond donors (Lipinski definition) is 0.